The van der Waals surface area contributed by atoms with Gasteiger partial charge in [0.25, 0.3) is 5.91 Å². The van der Waals surface area contributed by atoms with Gasteiger partial charge in [0.05, 0.1) is 5.56 Å². The Balaban J connectivity index is 1.47. The summed E-state index contributed by atoms with van der Waals surface area (Å²) >= 11 is 0. The molecule has 3 N–H and O–H groups in total. The minimum atomic E-state index is -0.227. The maximum atomic E-state index is 13.1. The Hall–Kier alpha value is -2.44. The van der Waals surface area contributed by atoms with Gasteiger partial charge < -0.3 is 10.0 Å². The van der Waals surface area contributed by atoms with E-state index in [1.54, 1.807) is 36.2 Å². The van der Waals surface area contributed by atoms with Crippen molar-refractivity contribution in [1.29, 1.82) is 0 Å². The van der Waals surface area contributed by atoms with E-state index in [1.807, 2.05) is 13.0 Å². The molecule has 2 atom stereocenters. The molecule has 0 aromatic heterocycles. The molecule has 28 heavy (non-hydrogen) atoms. The number of phenols is 1. The third kappa shape index (κ3) is 4.88. The van der Waals surface area contributed by atoms with Crippen LogP contribution in [-0.2, 0) is 6.42 Å². The number of hydrazine groups is 1. The molecule has 0 saturated carbocycles. The number of amides is 1. The van der Waals surface area contributed by atoms with Gasteiger partial charge in [-0.05, 0) is 61.1 Å². The predicted octanol–water partition coefficient (Wildman–Crippen LogP) is 3.55. The Labute approximate surface area is 165 Å². The molecule has 2 aromatic rings. The van der Waals surface area contributed by atoms with Crippen LogP contribution < -0.4 is 10.9 Å². The van der Waals surface area contributed by atoms with Crippen LogP contribution in [0.15, 0.2) is 42.5 Å². The lowest BCUT2D eigenvalue weighted by Crippen LogP contribution is -2.32. The van der Waals surface area contributed by atoms with Crippen LogP contribution in [0.2, 0.25) is 0 Å². The maximum Gasteiger partial charge on any atom is 0.257 e. The van der Waals surface area contributed by atoms with Crippen molar-refractivity contribution in [2.75, 3.05) is 13.6 Å². The molecular formula is C22H28FN3O2. The van der Waals surface area contributed by atoms with Gasteiger partial charge in [-0.1, -0.05) is 25.1 Å². The zero-order valence-electron chi connectivity index (χ0n) is 16.4. The Morgan fingerprint density at radius 2 is 1.96 bits per heavy atom. The van der Waals surface area contributed by atoms with Crippen LogP contribution in [-0.4, -0.2) is 35.5 Å². The number of aryl methyl sites for hydroxylation is 1. The molecular weight excluding hydrogens is 357 g/mol. The molecule has 1 saturated heterocycles. The number of nitrogens with one attached hydrogen (secondary N) is 2. The highest BCUT2D eigenvalue weighted by Crippen LogP contribution is 2.25. The van der Waals surface area contributed by atoms with Gasteiger partial charge in [0.2, 0.25) is 0 Å². The third-order valence-electron chi connectivity index (χ3n) is 5.35. The van der Waals surface area contributed by atoms with Crippen molar-refractivity contribution in [2.45, 2.75) is 44.7 Å². The van der Waals surface area contributed by atoms with Gasteiger partial charge in [-0.25, -0.2) is 4.39 Å². The van der Waals surface area contributed by atoms with E-state index >= 15 is 0 Å². The molecule has 6 heteroatoms. The second kappa shape index (κ2) is 9.17. The molecule has 150 valence electrons. The minimum absolute atomic E-state index is 0.0258. The molecule has 5 nitrogen and oxygen atoms in total. The van der Waals surface area contributed by atoms with Gasteiger partial charge in [-0.2, -0.15) is 0 Å². The highest BCUT2D eigenvalue weighted by molar-refractivity contribution is 5.96. The molecule has 3 rings (SSSR count). The average Bonchev–Trinajstić information content (AvgIpc) is 3.17. The predicted molar refractivity (Wildman–Crippen MR) is 107 cm³/mol. The number of aromatic hydroxyl groups is 1. The van der Waals surface area contributed by atoms with E-state index in [0.29, 0.717) is 18.2 Å². The van der Waals surface area contributed by atoms with Crippen LogP contribution >= 0.6 is 0 Å². The number of rotatable bonds is 7. The second-order valence-electron chi connectivity index (χ2n) is 7.40. The summed E-state index contributed by atoms with van der Waals surface area (Å²) in [6.07, 6.45) is 3.51. The van der Waals surface area contributed by atoms with Crippen molar-refractivity contribution in [3.05, 3.63) is 65.0 Å². The Bertz CT molecular complexity index is 810. The number of phenolic OH excluding ortho intramolecular Hbond substituents is 1. The Kier molecular flexibility index (Phi) is 6.65. The minimum Gasteiger partial charge on any atom is -0.507 e. The van der Waals surface area contributed by atoms with E-state index in [2.05, 4.69) is 10.9 Å². The number of nitrogens with zero attached hydrogens (tertiary/aromatic N) is 1. The zero-order valence-corrected chi connectivity index (χ0v) is 16.4. The lowest BCUT2D eigenvalue weighted by atomic mass is 9.99. The maximum absolute atomic E-state index is 13.1. The summed E-state index contributed by atoms with van der Waals surface area (Å²) < 4.78 is 13.1. The summed E-state index contributed by atoms with van der Waals surface area (Å²) in [5.74, 6) is -0.359. The second-order valence-corrected chi connectivity index (χ2v) is 7.40. The van der Waals surface area contributed by atoms with Crippen molar-refractivity contribution < 1.29 is 14.3 Å². The van der Waals surface area contributed by atoms with E-state index in [0.717, 1.165) is 36.8 Å². The summed E-state index contributed by atoms with van der Waals surface area (Å²) in [5, 5.41) is 10.0. The fourth-order valence-electron chi connectivity index (χ4n) is 3.58. The van der Waals surface area contributed by atoms with Crippen molar-refractivity contribution in [3.63, 3.8) is 0 Å². The number of carbonyl (C=O) groups is 1. The molecule has 1 fully saturated rings. The number of hydrogen-bond donors (Lipinski definition) is 3. The molecule has 2 unspecified atom stereocenters. The fourth-order valence-corrected chi connectivity index (χ4v) is 3.58. The first-order valence-corrected chi connectivity index (χ1v) is 9.81. The number of halogens is 1. The number of benzene rings is 2. The highest BCUT2D eigenvalue weighted by Gasteiger charge is 2.25. The molecule has 1 aliphatic heterocycles. The molecule has 0 spiro atoms. The van der Waals surface area contributed by atoms with Crippen molar-refractivity contribution in [3.8, 4) is 5.75 Å². The molecule has 0 bridgehead atoms. The van der Waals surface area contributed by atoms with Crippen LogP contribution in [0, 0.1) is 5.82 Å². The average molecular weight is 385 g/mol. The van der Waals surface area contributed by atoms with Gasteiger partial charge in [0, 0.05) is 25.7 Å². The first-order valence-electron chi connectivity index (χ1n) is 9.81. The van der Waals surface area contributed by atoms with Gasteiger partial charge >= 0.3 is 0 Å². The van der Waals surface area contributed by atoms with E-state index in [-0.39, 0.29) is 23.5 Å². The van der Waals surface area contributed by atoms with Crippen LogP contribution in [0.4, 0.5) is 4.39 Å². The zero-order chi connectivity index (χ0) is 20.1. The lowest BCUT2D eigenvalue weighted by molar-refractivity contribution is 0.0788. The van der Waals surface area contributed by atoms with Crippen molar-refractivity contribution >= 4 is 5.91 Å². The lowest BCUT2D eigenvalue weighted by Gasteiger charge is -2.19. The normalized spacial score (nSPS) is 19.0. The molecule has 0 radical (unpaired) electrons. The largest absolute Gasteiger partial charge is 0.507 e. The van der Waals surface area contributed by atoms with E-state index in [4.69, 9.17) is 0 Å². The molecule has 1 amide bonds. The van der Waals surface area contributed by atoms with E-state index < -0.39 is 0 Å². The first-order chi connectivity index (χ1) is 13.5. The molecule has 1 aliphatic rings. The molecule has 1 heterocycles. The van der Waals surface area contributed by atoms with Gasteiger partial charge in [0.1, 0.15) is 11.6 Å². The summed E-state index contributed by atoms with van der Waals surface area (Å²) in [4.78, 5) is 14.3. The summed E-state index contributed by atoms with van der Waals surface area (Å²) in [5.41, 5.74) is 9.01. The van der Waals surface area contributed by atoms with Crippen molar-refractivity contribution in [1.82, 2.24) is 15.8 Å². The van der Waals surface area contributed by atoms with Crippen LogP contribution in [0.1, 0.15) is 53.7 Å². The third-order valence-corrected chi connectivity index (χ3v) is 5.35. The monoisotopic (exact) mass is 385 g/mol. The van der Waals surface area contributed by atoms with Crippen LogP contribution in [0.3, 0.4) is 0 Å². The molecule has 2 aromatic carbocycles. The summed E-state index contributed by atoms with van der Waals surface area (Å²) in [6.45, 7) is 2.64. The standard InChI is InChI=1S/C22H28FN3O2/c1-3-15-6-11-21(27)19(13-15)22(28)26(2)12-4-5-18-14-20(25-24-18)16-7-9-17(23)10-8-16/h6-11,13,18,20,24-25,27H,3-5,12,14H2,1-2H3. The quantitative estimate of drug-likeness (QED) is 0.682. The summed E-state index contributed by atoms with van der Waals surface area (Å²) in [7, 11) is 1.77. The van der Waals surface area contributed by atoms with Crippen molar-refractivity contribution in [2.24, 2.45) is 0 Å². The van der Waals surface area contributed by atoms with E-state index in [9.17, 15) is 14.3 Å². The van der Waals surface area contributed by atoms with Gasteiger partial charge in [0.15, 0.2) is 0 Å². The highest BCUT2D eigenvalue weighted by atomic mass is 19.1. The van der Waals surface area contributed by atoms with Crippen LogP contribution in [0.25, 0.3) is 0 Å². The topological polar surface area (TPSA) is 64.6 Å². The number of hydrogen-bond acceptors (Lipinski definition) is 4. The Morgan fingerprint density at radius 1 is 1.21 bits per heavy atom. The SMILES string of the molecule is CCc1ccc(O)c(C(=O)N(C)CCCC2CC(c3ccc(F)cc3)NN2)c1. The number of carbonyl (C=O) groups excluding carboxylic acids is 1. The fraction of sp³-hybridized carbons (Fsp3) is 0.409. The summed E-state index contributed by atoms with van der Waals surface area (Å²) in [6, 6.07) is 12.2. The van der Waals surface area contributed by atoms with Gasteiger partial charge in [-0.15, -0.1) is 0 Å². The van der Waals surface area contributed by atoms with E-state index in [1.165, 1.54) is 12.1 Å². The smallest absolute Gasteiger partial charge is 0.257 e. The first kappa shape index (κ1) is 20.3. The molecule has 0 aliphatic carbocycles. The van der Waals surface area contributed by atoms with Gasteiger partial charge in [-0.3, -0.25) is 15.6 Å². The van der Waals surface area contributed by atoms with Crippen LogP contribution in [0.5, 0.6) is 5.75 Å². The Morgan fingerprint density at radius 3 is 2.68 bits per heavy atom.